The molecule has 0 unspecified atom stereocenters. The predicted molar refractivity (Wildman–Crippen MR) is 114 cm³/mol. The lowest BCUT2D eigenvalue weighted by Gasteiger charge is -2.12. The van der Waals surface area contributed by atoms with Gasteiger partial charge in [-0.25, -0.2) is 15.0 Å². The van der Waals surface area contributed by atoms with Crippen LogP contribution >= 0.6 is 0 Å². The second kappa shape index (κ2) is 10.9. The van der Waals surface area contributed by atoms with Crippen molar-refractivity contribution in [2.24, 2.45) is 4.99 Å². The van der Waals surface area contributed by atoms with Gasteiger partial charge in [-0.05, 0) is 12.2 Å². The maximum absolute atomic E-state index is 12.5. The molecule has 3 rings (SSSR count). The summed E-state index contributed by atoms with van der Waals surface area (Å²) >= 11 is 0. The number of carbonyl (C=O) groups excluding carboxylic acids is 1. The van der Waals surface area contributed by atoms with Crippen molar-refractivity contribution in [1.29, 1.82) is 0 Å². The molecule has 0 fully saturated rings. The van der Waals surface area contributed by atoms with Crippen LogP contribution in [0.5, 0.6) is 0 Å². The standard InChI is InChI=1S/C18H21N7O3.C2H6/c1-11(28-3)4-5-13-14(10-27-2)23-18(25-7-6-20-15(13)25)24-16(26)12-8-21-17(19)22-9-12;1-2/h4-5,8-9,20H,1,6-7,10H2,2-3H3,(H2,19,21,22);1-2H3/b5-4-,24-18?;. The Labute approximate surface area is 175 Å². The zero-order valence-corrected chi connectivity index (χ0v) is 17.7. The van der Waals surface area contributed by atoms with E-state index in [1.165, 1.54) is 12.4 Å². The number of rotatable bonds is 6. The van der Waals surface area contributed by atoms with Gasteiger partial charge in [0.05, 0.1) is 25.0 Å². The minimum Gasteiger partial charge on any atom is -0.497 e. The van der Waals surface area contributed by atoms with Crippen molar-refractivity contribution in [3.63, 3.8) is 0 Å². The number of nitrogens with one attached hydrogen (secondary N) is 1. The van der Waals surface area contributed by atoms with E-state index in [-0.39, 0.29) is 23.7 Å². The highest BCUT2D eigenvalue weighted by Gasteiger charge is 2.19. The number of nitrogen functional groups attached to an aromatic ring is 1. The van der Waals surface area contributed by atoms with E-state index in [4.69, 9.17) is 15.2 Å². The first kappa shape index (κ1) is 22.8. The average Bonchev–Trinajstić information content (AvgIpc) is 3.25. The monoisotopic (exact) mass is 413 g/mol. The van der Waals surface area contributed by atoms with Crippen LogP contribution in [0, 0.1) is 0 Å². The highest BCUT2D eigenvalue weighted by molar-refractivity contribution is 5.94. The zero-order valence-electron chi connectivity index (χ0n) is 17.7. The third-order valence-electron chi connectivity index (χ3n) is 4.04. The fourth-order valence-electron chi connectivity index (χ4n) is 2.67. The number of carbonyl (C=O) groups is 1. The van der Waals surface area contributed by atoms with Gasteiger partial charge >= 0.3 is 0 Å². The topological polar surface area (TPSA) is 130 Å². The number of ether oxygens (including phenoxy) is 2. The summed E-state index contributed by atoms with van der Waals surface area (Å²) in [5.74, 6) is 0.883. The van der Waals surface area contributed by atoms with Crippen LogP contribution in [0.3, 0.4) is 0 Å². The van der Waals surface area contributed by atoms with Crippen molar-refractivity contribution in [1.82, 2.24) is 19.5 Å². The summed E-state index contributed by atoms with van der Waals surface area (Å²) in [6, 6.07) is 0. The van der Waals surface area contributed by atoms with Gasteiger partial charge in [0.2, 0.25) is 11.6 Å². The molecular formula is C20H27N7O3. The molecule has 2 aromatic heterocycles. The lowest BCUT2D eigenvalue weighted by atomic mass is 10.2. The normalized spacial score (nSPS) is 12.7. The number of anilines is 2. The summed E-state index contributed by atoms with van der Waals surface area (Å²) in [6.07, 6.45) is 6.25. The van der Waals surface area contributed by atoms with Crippen molar-refractivity contribution in [2.75, 3.05) is 31.8 Å². The maximum Gasteiger partial charge on any atom is 0.283 e. The number of nitrogens with zero attached hydrogens (tertiary/aromatic N) is 5. The summed E-state index contributed by atoms with van der Waals surface area (Å²) in [5.41, 5.74) is 7.41. The van der Waals surface area contributed by atoms with Crippen molar-refractivity contribution in [3.8, 4) is 0 Å². The highest BCUT2D eigenvalue weighted by Crippen LogP contribution is 2.23. The summed E-state index contributed by atoms with van der Waals surface area (Å²) in [7, 11) is 3.12. The van der Waals surface area contributed by atoms with Gasteiger partial charge in [0.25, 0.3) is 5.91 Å². The van der Waals surface area contributed by atoms with Gasteiger partial charge in [-0.3, -0.25) is 9.36 Å². The Balaban J connectivity index is 0.00000155. The fourth-order valence-corrected chi connectivity index (χ4v) is 2.67. The summed E-state index contributed by atoms with van der Waals surface area (Å²) in [4.78, 5) is 28.8. The smallest absolute Gasteiger partial charge is 0.283 e. The van der Waals surface area contributed by atoms with Crippen LogP contribution in [0.1, 0.15) is 35.5 Å². The van der Waals surface area contributed by atoms with Gasteiger partial charge in [0.1, 0.15) is 11.6 Å². The van der Waals surface area contributed by atoms with Gasteiger partial charge in [0.15, 0.2) is 0 Å². The average molecular weight is 413 g/mol. The van der Waals surface area contributed by atoms with Crippen molar-refractivity contribution in [3.05, 3.63) is 53.2 Å². The molecule has 3 N–H and O–H groups in total. The van der Waals surface area contributed by atoms with E-state index in [1.807, 2.05) is 24.5 Å². The molecule has 0 bridgehead atoms. The number of amides is 1. The zero-order chi connectivity index (χ0) is 22.1. The highest BCUT2D eigenvalue weighted by atomic mass is 16.5. The van der Waals surface area contributed by atoms with Crippen LogP contribution in [0.25, 0.3) is 6.08 Å². The SMILES string of the molecule is C=C(/C=C\c1c(COC)nc(=NC(=O)c2cnc(N)nc2)n2c1NCC2)OC.CC. The van der Waals surface area contributed by atoms with Crippen LogP contribution in [-0.4, -0.2) is 46.2 Å². The van der Waals surface area contributed by atoms with Crippen LogP contribution < -0.4 is 16.7 Å². The Kier molecular flexibility index (Phi) is 8.24. The van der Waals surface area contributed by atoms with Gasteiger partial charge in [0, 0.05) is 38.2 Å². The van der Waals surface area contributed by atoms with E-state index in [0.29, 0.717) is 24.5 Å². The van der Waals surface area contributed by atoms with Crippen molar-refractivity contribution >= 4 is 23.7 Å². The number of hydrogen-bond acceptors (Lipinski definition) is 8. The van der Waals surface area contributed by atoms with E-state index < -0.39 is 5.91 Å². The Morgan fingerprint density at radius 2 is 2.07 bits per heavy atom. The number of methoxy groups -OCH3 is 2. The fraction of sp³-hybridized carbons (Fsp3) is 0.350. The van der Waals surface area contributed by atoms with E-state index in [2.05, 4.69) is 31.8 Å². The van der Waals surface area contributed by atoms with Gasteiger partial charge < -0.3 is 20.5 Å². The number of nitrogens with two attached hydrogens (primary N) is 1. The Hall–Kier alpha value is -3.53. The molecule has 2 aromatic rings. The quantitative estimate of drug-likeness (QED) is 0.541. The molecule has 1 amide bonds. The van der Waals surface area contributed by atoms with E-state index >= 15 is 0 Å². The van der Waals surface area contributed by atoms with Gasteiger partial charge in [-0.1, -0.05) is 20.4 Å². The van der Waals surface area contributed by atoms with E-state index in [0.717, 1.165) is 11.4 Å². The van der Waals surface area contributed by atoms with Crippen molar-refractivity contribution < 1.29 is 14.3 Å². The summed E-state index contributed by atoms with van der Waals surface area (Å²) in [5, 5.41) is 3.30. The minimum atomic E-state index is -0.506. The molecule has 3 heterocycles. The first-order valence-electron chi connectivity index (χ1n) is 9.47. The Morgan fingerprint density at radius 1 is 1.37 bits per heavy atom. The molecule has 0 saturated heterocycles. The summed E-state index contributed by atoms with van der Waals surface area (Å²) in [6.45, 7) is 9.33. The number of allylic oxidation sites excluding steroid dienone is 1. The largest absolute Gasteiger partial charge is 0.497 e. The lowest BCUT2D eigenvalue weighted by molar-refractivity contribution is 0.0995. The van der Waals surface area contributed by atoms with Crippen LogP contribution in [-0.2, 0) is 22.6 Å². The molecule has 1 aliphatic heterocycles. The molecule has 160 valence electrons. The molecule has 0 radical (unpaired) electrons. The molecule has 0 aliphatic carbocycles. The second-order valence-electron chi connectivity index (χ2n) is 5.88. The Morgan fingerprint density at radius 3 is 2.70 bits per heavy atom. The minimum absolute atomic E-state index is 0.0882. The molecular weight excluding hydrogens is 386 g/mol. The first-order valence-corrected chi connectivity index (χ1v) is 9.47. The third kappa shape index (κ3) is 5.29. The van der Waals surface area contributed by atoms with Crippen molar-refractivity contribution in [2.45, 2.75) is 27.0 Å². The second-order valence-corrected chi connectivity index (χ2v) is 5.88. The van der Waals surface area contributed by atoms with Gasteiger partial charge in [-0.15, -0.1) is 0 Å². The molecule has 0 aromatic carbocycles. The molecule has 0 saturated carbocycles. The van der Waals surface area contributed by atoms with E-state index in [9.17, 15) is 4.79 Å². The molecule has 30 heavy (non-hydrogen) atoms. The van der Waals surface area contributed by atoms with Gasteiger partial charge in [-0.2, -0.15) is 4.99 Å². The molecule has 1 aliphatic rings. The summed E-state index contributed by atoms with van der Waals surface area (Å²) < 4.78 is 12.2. The lowest BCUT2D eigenvalue weighted by Crippen LogP contribution is -2.27. The van der Waals surface area contributed by atoms with Crippen LogP contribution in [0.4, 0.5) is 11.8 Å². The first-order chi connectivity index (χ1) is 14.5. The molecule has 0 spiro atoms. The number of hydrogen-bond donors (Lipinski definition) is 2. The van der Waals surface area contributed by atoms with Crippen LogP contribution in [0.15, 0.2) is 35.8 Å². The number of aromatic nitrogens is 4. The maximum atomic E-state index is 12.5. The third-order valence-corrected chi connectivity index (χ3v) is 4.04. The predicted octanol–water partition coefficient (Wildman–Crippen LogP) is 1.77. The molecule has 10 nitrogen and oxygen atoms in total. The number of fused-ring (bicyclic) bond motifs is 1. The van der Waals surface area contributed by atoms with E-state index in [1.54, 1.807) is 20.3 Å². The van der Waals surface area contributed by atoms with Crippen LogP contribution in [0.2, 0.25) is 0 Å². The Bertz CT molecular complexity index is 995. The molecule has 0 atom stereocenters. The molecule has 10 heteroatoms.